The van der Waals surface area contributed by atoms with E-state index >= 15 is 0 Å². The predicted molar refractivity (Wildman–Crippen MR) is 149 cm³/mol. The van der Waals surface area contributed by atoms with Crippen molar-refractivity contribution in [3.63, 3.8) is 0 Å². The standard InChI is InChI=1S/C25H38N2O11P2/c1-9-32-25(29)21-22(37-39(33-10-2)34-11-3)23(38-40(30,35-12-4)36-13-5)20(24(28)26(6)7)27(21)18-14-16-19(31-8)17-15-18/h14-17H,9-13H2,1-8H3. The van der Waals surface area contributed by atoms with E-state index in [0.29, 0.717) is 11.4 Å². The molecule has 0 aliphatic carbocycles. The molecule has 0 N–H and O–H groups in total. The number of benzene rings is 1. The number of methoxy groups -OCH3 is 1. The molecule has 0 bridgehead atoms. The normalized spacial score (nSPS) is 11.4. The Hall–Kier alpha value is -2.66. The van der Waals surface area contributed by atoms with Crippen LogP contribution in [0.1, 0.15) is 55.6 Å². The van der Waals surface area contributed by atoms with Gasteiger partial charge in [-0.25, -0.2) is 9.36 Å². The quantitative estimate of drug-likeness (QED) is 0.165. The SMILES string of the molecule is CCOC(=O)c1c(OP(OCC)OCC)c(OP(=O)(OCC)OCC)c(C(=O)N(C)C)n1-c1ccc(OC)cc1. The first-order valence-corrected chi connectivity index (χ1v) is 15.3. The van der Waals surface area contributed by atoms with Crippen LogP contribution in [0.2, 0.25) is 0 Å². The highest BCUT2D eigenvalue weighted by Crippen LogP contribution is 2.57. The average molecular weight is 605 g/mol. The lowest BCUT2D eigenvalue weighted by molar-refractivity contribution is 0.0514. The molecule has 13 nitrogen and oxygen atoms in total. The van der Waals surface area contributed by atoms with Crippen molar-refractivity contribution < 1.29 is 50.8 Å². The summed E-state index contributed by atoms with van der Waals surface area (Å²) in [5.74, 6) is -1.57. The van der Waals surface area contributed by atoms with E-state index in [0.717, 1.165) is 0 Å². The second-order valence-corrected chi connectivity index (χ2v) is 10.6. The number of carbonyl (C=O) groups excluding carboxylic acids is 2. The van der Waals surface area contributed by atoms with Crippen LogP contribution in [0.5, 0.6) is 17.2 Å². The van der Waals surface area contributed by atoms with E-state index in [9.17, 15) is 14.2 Å². The van der Waals surface area contributed by atoms with Crippen molar-refractivity contribution in [3.05, 3.63) is 35.7 Å². The fraction of sp³-hybridized carbons (Fsp3) is 0.520. The molecule has 0 atom stereocenters. The topological polar surface area (TPSA) is 133 Å². The van der Waals surface area contributed by atoms with E-state index in [2.05, 4.69) is 0 Å². The molecule has 0 spiro atoms. The molecule has 0 aliphatic heterocycles. The van der Waals surface area contributed by atoms with Crippen molar-refractivity contribution in [1.82, 2.24) is 9.47 Å². The number of ether oxygens (including phenoxy) is 2. The van der Waals surface area contributed by atoms with Crippen molar-refractivity contribution in [1.29, 1.82) is 0 Å². The number of phosphoric acid groups is 1. The zero-order valence-corrected chi connectivity index (χ0v) is 25.9. The van der Waals surface area contributed by atoms with Gasteiger partial charge in [-0.05, 0) is 58.9 Å². The van der Waals surface area contributed by atoms with Crippen LogP contribution in [-0.2, 0) is 27.4 Å². The van der Waals surface area contributed by atoms with E-state index < -0.39 is 28.3 Å². The lowest BCUT2D eigenvalue weighted by Crippen LogP contribution is -2.26. The van der Waals surface area contributed by atoms with Gasteiger partial charge >= 0.3 is 22.4 Å². The first kappa shape index (κ1) is 33.5. The molecule has 15 heteroatoms. The van der Waals surface area contributed by atoms with Crippen molar-refractivity contribution in [2.24, 2.45) is 0 Å². The Labute approximate surface area is 236 Å². The number of amides is 1. The first-order valence-electron chi connectivity index (χ1n) is 12.8. The minimum Gasteiger partial charge on any atom is -0.497 e. The van der Waals surface area contributed by atoms with Crippen LogP contribution in [0, 0.1) is 0 Å². The van der Waals surface area contributed by atoms with Gasteiger partial charge in [-0.3, -0.25) is 18.4 Å². The number of nitrogens with zero attached hydrogens (tertiary/aromatic N) is 2. The summed E-state index contributed by atoms with van der Waals surface area (Å²) in [4.78, 5) is 28.5. The van der Waals surface area contributed by atoms with Crippen molar-refractivity contribution in [2.75, 3.05) is 54.2 Å². The Morgan fingerprint density at radius 1 is 0.850 bits per heavy atom. The Morgan fingerprint density at radius 2 is 1.43 bits per heavy atom. The fourth-order valence-electron chi connectivity index (χ4n) is 3.37. The molecule has 0 fully saturated rings. The van der Waals surface area contributed by atoms with Gasteiger partial charge in [0.15, 0.2) is 11.4 Å². The summed E-state index contributed by atoms with van der Waals surface area (Å²) >= 11 is 0. The molecule has 0 radical (unpaired) electrons. The third kappa shape index (κ3) is 8.19. The van der Waals surface area contributed by atoms with Crippen LogP contribution >= 0.6 is 16.4 Å². The Morgan fingerprint density at radius 3 is 1.88 bits per heavy atom. The molecule has 2 rings (SSSR count). The van der Waals surface area contributed by atoms with Crippen LogP contribution in [0.15, 0.2) is 24.3 Å². The smallest absolute Gasteiger partial charge is 0.497 e. The van der Waals surface area contributed by atoms with Crippen LogP contribution < -0.4 is 13.8 Å². The summed E-state index contributed by atoms with van der Waals surface area (Å²) in [6.07, 6.45) is 0. The van der Waals surface area contributed by atoms with Gasteiger partial charge in [-0.1, -0.05) is 0 Å². The Bertz CT molecular complexity index is 1150. The minimum absolute atomic E-state index is 0.0152. The second-order valence-electron chi connectivity index (χ2n) is 7.83. The molecule has 0 aliphatic rings. The van der Waals surface area contributed by atoms with E-state index in [1.54, 1.807) is 58.9 Å². The fourth-order valence-corrected chi connectivity index (χ4v) is 5.50. The van der Waals surface area contributed by atoms with Gasteiger partial charge in [0.05, 0.1) is 40.1 Å². The maximum atomic E-state index is 13.7. The summed E-state index contributed by atoms with van der Waals surface area (Å²) in [6.45, 7) is 8.72. The number of esters is 1. The molecular formula is C25H38N2O11P2. The Balaban J connectivity index is 3.07. The van der Waals surface area contributed by atoms with Crippen LogP contribution in [0.3, 0.4) is 0 Å². The zero-order valence-electron chi connectivity index (χ0n) is 24.1. The third-order valence-corrected chi connectivity index (χ3v) is 7.73. The van der Waals surface area contributed by atoms with E-state index in [-0.39, 0.29) is 55.9 Å². The highest BCUT2D eigenvalue weighted by Gasteiger charge is 2.41. The van der Waals surface area contributed by atoms with Crippen molar-refractivity contribution >= 4 is 28.3 Å². The maximum absolute atomic E-state index is 13.7. The molecule has 40 heavy (non-hydrogen) atoms. The summed E-state index contributed by atoms with van der Waals surface area (Å²) in [5, 5.41) is 0. The number of aromatic nitrogens is 1. The molecule has 0 unspecified atom stereocenters. The summed E-state index contributed by atoms with van der Waals surface area (Å²) < 4.78 is 59.4. The lowest BCUT2D eigenvalue weighted by atomic mass is 10.2. The van der Waals surface area contributed by atoms with Gasteiger partial charge in [-0.2, -0.15) is 0 Å². The largest absolute Gasteiger partial charge is 0.530 e. The van der Waals surface area contributed by atoms with E-state index in [1.807, 2.05) is 0 Å². The Kier molecular flexibility index (Phi) is 13.4. The van der Waals surface area contributed by atoms with E-state index in [1.165, 1.54) is 30.7 Å². The van der Waals surface area contributed by atoms with Gasteiger partial charge in [0, 0.05) is 19.8 Å². The first-order chi connectivity index (χ1) is 19.1. The molecule has 0 saturated carbocycles. The highest BCUT2D eigenvalue weighted by molar-refractivity contribution is 7.49. The summed E-state index contributed by atoms with van der Waals surface area (Å²) in [7, 11) is -1.86. The zero-order chi connectivity index (χ0) is 29.9. The molecular weight excluding hydrogens is 566 g/mol. The second kappa shape index (κ2) is 16.0. The summed E-state index contributed by atoms with van der Waals surface area (Å²) in [6, 6.07) is 6.54. The minimum atomic E-state index is -4.31. The van der Waals surface area contributed by atoms with Gasteiger partial charge < -0.3 is 32.5 Å². The van der Waals surface area contributed by atoms with Crippen molar-refractivity contribution in [2.45, 2.75) is 34.6 Å². The van der Waals surface area contributed by atoms with Crippen LogP contribution in [-0.4, -0.2) is 75.6 Å². The van der Waals surface area contributed by atoms with Gasteiger partial charge in [0.25, 0.3) is 5.91 Å². The molecule has 0 saturated heterocycles. The number of hydrogen-bond acceptors (Lipinski definition) is 11. The van der Waals surface area contributed by atoms with E-state index in [4.69, 9.17) is 36.6 Å². The molecule has 224 valence electrons. The number of carbonyl (C=O) groups is 2. The average Bonchev–Trinajstić information content (AvgIpc) is 3.21. The number of phosphoric ester groups is 1. The highest BCUT2D eigenvalue weighted by atomic mass is 31.2. The van der Waals surface area contributed by atoms with Gasteiger partial charge in [0.1, 0.15) is 5.75 Å². The maximum Gasteiger partial charge on any atom is 0.530 e. The molecule has 1 aromatic heterocycles. The van der Waals surface area contributed by atoms with Crippen LogP contribution in [0.25, 0.3) is 5.69 Å². The monoisotopic (exact) mass is 604 g/mol. The molecule has 1 amide bonds. The number of rotatable bonds is 17. The molecule has 1 heterocycles. The molecule has 1 aromatic carbocycles. The summed E-state index contributed by atoms with van der Waals surface area (Å²) in [5.41, 5.74) is -0.0666. The van der Waals surface area contributed by atoms with Gasteiger partial charge in [-0.15, -0.1) is 0 Å². The number of hydrogen-bond donors (Lipinski definition) is 0. The van der Waals surface area contributed by atoms with Crippen LogP contribution in [0.4, 0.5) is 0 Å². The predicted octanol–water partition coefficient (Wildman–Crippen LogP) is 5.60. The molecule has 2 aromatic rings. The van der Waals surface area contributed by atoms with Crippen molar-refractivity contribution in [3.8, 4) is 22.9 Å². The van der Waals surface area contributed by atoms with Gasteiger partial charge in [0.2, 0.25) is 11.5 Å². The lowest BCUT2D eigenvalue weighted by Gasteiger charge is -2.20. The third-order valence-electron chi connectivity index (χ3n) is 4.90.